The van der Waals surface area contributed by atoms with Crippen LogP contribution in [0, 0.1) is 17.2 Å². The van der Waals surface area contributed by atoms with E-state index in [4.69, 9.17) is 9.47 Å². The monoisotopic (exact) mass is 771 g/mol. The minimum absolute atomic E-state index is 0.0794. The van der Waals surface area contributed by atoms with Gasteiger partial charge in [-0.3, -0.25) is 4.79 Å². The van der Waals surface area contributed by atoms with Crippen LogP contribution in [0.4, 0.5) is 15.0 Å². The fourth-order valence-electron chi connectivity index (χ4n) is 8.68. The van der Waals surface area contributed by atoms with Crippen LogP contribution < -0.4 is 9.64 Å². The van der Waals surface area contributed by atoms with Crippen LogP contribution in [0.3, 0.4) is 0 Å². The summed E-state index contributed by atoms with van der Waals surface area (Å²) in [5, 5.41) is -0.463. The number of piperidine rings is 2. The Morgan fingerprint density at radius 1 is 0.981 bits per heavy atom. The number of aromatic nitrogens is 2. The third-order valence-electron chi connectivity index (χ3n) is 11.3. The molecule has 0 saturated carbocycles. The Morgan fingerprint density at radius 3 is 2.28 bits per heavy atom. The highest BCUT2D eigenvalue weighted by atomic mass is 32.2. The summed E-state index contributed by atoms with van der Waals surface area (Å²) in [6, 6.07) is 3.85. The van der Waals surface area contributed by atoms with Gasteiger partial charge in [-0.05, 0) is 110 Å². The molecule has 2 amide bonds. The third kappa shape index (κ3) is 8.94. The average molecular weight is 772 g/mol. The van der Waals surface area contributed by atoms with E-state index in [1.54, 1.807) is 20.3 Å². The number of ether oxygens (including phenoxy) is 2. The molecule has 4 aliphatic rings. The molecule has 298 valence electrons. The number of halogens is 1. The Labute approximate surface area is 320 Å². The molecule has 1 aromatic heterocycles. The van der Waals surface area contributed by atoms with Crippen LogP contribution in [-0.4, -0.2) is 131 Å². The van der Waals surface area contributed by atoms with E-state index >= 15 is 0 Å². The number of carbonyl (C=O) groups excluding carboxylic acids is 2. The van der Waals surface area contributed by atoms with Gasteiger partial charge >= 0.3 is 6.09 Å². The molecule has 0 unspecified atom stereocenters. The molecular weight excluding hydrogens is 714 g/mol. The van der Waals surface area contributed by atoms with E-state index in [1.165, 1.54) is 24.5 Å². The molecule has 15 heteroatoms. The van der Waals surface area contributed by atoms with Crippen LogP contribution >= 0.6 is 0 Å². The van der Waals surface area contributed by atoms with Crippen LogP contribution in [0.25, 0.3) is 0 Å². The maximum Gasteiger partial charge on any atom is 0.410 e. The standard InChI is InChI=1S/C39H58FN7O6S/c1-27(2)47(28(3)4)36(48)32-20-30(40)8-9-33(32)52-34-21-41-26-42-35(34)45-15-10-29(23-45)22-43-24-39(25-43)13-18-46(19-14-39)54(50,51)31-11-16-44(17-12-31)37(49)53-38(5,6)7/h8-9,20-21,26-29,31H,10-19,22-25H2,1-7H3/t29-/m0/s1. The Balaban J connectivity index is 0.993. The van der Waals surface area contributed by atoms with Gasteiger partial charge in [0.25, 0.3) is 5.91 Å². The number of carbonyl (C=O) groups is 2. The zero-order valence-corrected chi connectivity index (χ0v) is 33.8. The first-order chi connectivity index (χ1) is 25.4. The molecule has 0 bridgehead atoms. The van der Waals surface area contributed by atoms with E-state index in [0.29, 0.717) is 56.5 Å². The highest BCUT2D eigenvalue weighted by molar-refractivity contribution is 7.89. The first-order valence-corrected chi connectivity index (χ1v) is 21.0. The molecule has 0 radical (unpaired) electrons. The van der Waals surface area contributed by atoms with Gasteiger partial charge in [0.2, 0.25) is 10.0 Å². The molecule has 1 aromatic carbocycles. The normalized spacial score (nSPS) is 21.5. The summed E-state index contributed by atoms with van der Waals surface area (Å²) in [7, 11) is -3.43. The minimum Gasteiger partial charge on any atom is -0.451 e. The Hall–Kier alpha value is -3.56. The van der Waals surface area contributed by atoms with Gasteiger partial charge in [-0.2, -0.15) is 0 Å². The van der Waals surface area contributed by atoms with Gasteiger partial charge in [0.05, 0.1) is 17.0 Å². The van der Waals surface area contributed by atoms with E-state index in [9.17, 15) is 22.4 Å². The number of rotatable bonds is 10. The van der Waals surface area contributed by atoms with Crippen molar-refractivity contribution < 1.29 is 31.9 Å². The van der Waals surface area contributed by atoms with E-state index in [1.807, 2.05) is 48.5 Å². The zero-order valence-electron chi connectivity index (χ0n) is 33.0. The third-order valence-corrected chi connectivity index (χ3v) is 13.7. The number of nitrogens with zero attached hydrogens (tertiary/aromatic N) is 7. The largest absolute Gasteiger partial charge is 0.451 e. The summed E-state index contributed by atoms with van der Waals surface area (Å²) in [6.45, 7) is 19.6. The Kier molecular flexibility index (Phi) is 11.8. The molecule has 4 fully saturated rings. The molecule has 1 spiro atoms. The smallest absolute Gasteiger partial charge is 0.410 e. The maximum atomic E-state index is 14.4. The predicted molar refractivity (Wildman–Crippen MR) is 205 cm³/mol. The molecule has 13 nitrogen and oxygen atoms in total. The van der Waals surface area contributed by atoms with Crippen LogP contribution in [0.2, 0.25) is 0 Å². The van der Waals surface area contributed by atoms with Crippen LogP contribution in [0.15, 0.2) is 30.7 Å². The number of hydrogen-bond donors (Lipinski definition) is 0. The summed E-state index contributed by atoms with van der Waals surface area (Å²) < 4.78 is 55.1. The predicted octanol–water partition coefficient (Wildman–Crippen LogP) is 5.62. The van der Waals surface area contributed by atoms with Gasteiger partial charge in [-0.1, -0.05) is 0 Å². The molecule has 54 heavy (non-hydrogen) atoms. The minimum atomic E-state index is -3.43. The molecule has 0 aliphatic carbocycles. The number of sulfonamides is 1. The lowest BCUT2D eigenvalue weighted by atomic mass is 9.72. The quantitative estimate of drug-likeness (QED) is 0.300. The Bertz CT molecular complexity index is 1750. The van der Waals surface area contributed by atoms with Crippen molar-refractivity contribution in [2.45, 2.75) is 104 Å². The summed E-state index contributed by atoms with van der Waals surface area (Å²) in [4.78, 5) is 42.9. The van der Waals surface area contributed by atoms with Crippen LogP contribution in [0.1, 0.15) is 90.9 Å². The van der Waals surface area contributed by atoms with Gasteiger partial charge in [-0.15, -0.1) is 0 Å². The SMILES string of the molecule is CC(C)N(C(=O)c1cc(F)ccc1Oc1cncnc1N1CC[C@@H](CN2CC3(CCN(S(=O)(=O)C4CCN(C(=O)OC(C)(C)C)CC4)CC3)C2)C1)C(C)C. The second kappa shape index (κ2) is 15.9. The van der Waals surface area contributed by atoms with Crippen molar-refractivity contribution in [1.82, 2.24) is 29.0 Å². The lowest BCUT2D eigenvalue weighted by molar-refractivity contribution is -0.0409. The highest BCUT2D eigenvalue weighted by Gasteiger charge is 2.48. The molecule has 5 heterocycles. The van der Waals surface area contributed by atoms with Gasteiger partial charge in [0.15, 0.2) is 11.6 Å². The molecule has 2 aromatic rings. The summed E-state index contributed by atoms with van der Waals surface area (Å²) in [5.41, 5.74) is -0.271. The number of benzene rings is 1. The van der Waals surface area contributed by atoms with E-state index < -0.39 is 26.7 Å². The topological polar surface area (TPSA) is 129 Å². The van der Waals surface area contributed by atoms with E-state index in [0.717, 1.165) is 52.0 Å². The second-order valence-corrected chi connectivity index (χ2v) is 19.4. The molecule has 4 aliphatic heterocycles. The number of likely N-dealkylation sites (tertiary alicyclic amines) is 2. The molecule has 0 N–H and O–H groups in total. The molecular formula is C39H58FN7O6S. The maximum absolute atomic E-state index is 14.4. The van der Waals surface area contributed by atoms with Crippen molar-refractivity contribution in [2.75, 3.05) is 63.8 Å². The average Bonchev–Trinajstić information content (AvgIpc) is 3.56. The van der Waals surface area contributed by atoms with E-state index in [-0.39, 0.29) is 40.8 Å². The van der Waals surface area contributed by atoms with E-state index in [2.05, 4.69) is 19.8 Å². The molecule has 4 saturated heterocycles. The van der Waals surface area contributed by atoms with Crippen molar-refractivity contribution in [3.05, 3.63) is 42.1 Å². The first kappa shape index (κ1) is 40.1. The van der Waals surface area contributed by atoms with Crippen molar-refractivity contribution in [2.24, 2.45) is 11.3 Å². The lowest BCUT2D eigenvalue weighted by Gasteiger charge is -2.54. The van der Waals surface area contributed by atoms with Gasteiger partial charge in [-0.25, -0.2) is 31.9 Å². The first-order valence-electron chi connectivity index (χ1n) is 19.5. The van der Waals surface area contributed by atoms with Crippen molar-refractivity contribution in [1.29, 1.82) is 0 Å². The summed E-state index contributed by atoms with van der Waals surface area (Å²) in [5.74, 6) is 0.925. The fourth-order valence-corrected chi connectivity index (χ4v) is 10.6. The van der Waals surface area contributed by atoms with Crippen molar-refractivity contribution in [3.8, 4) is 11.5 Å². The molecule has 1 atom stereocenters. The highest BCUT2D eigenvalue weighted by Crippen LogP contribution is 2.43. The summed E-state index contributed by atoms with van der Waals surface area (Å²) >= 11 is 0. The van der Waals surface area contributed by atoms with Gasteiger partial charge in [0, 0.05) is 71.0 Å². The van der Waals surface area contributed by atoms with Crippen LogP contribution in [-0.2, 0) is 14.8 Å². The van der Waals surface area contributed by atoms with Crippen LogP contribution in [0.5, 0.6) is 11.5 Å². The fraction of sp³-hybridized carbons (Fsp3) is 0.692. The second-order valence-electron chi connectivity index (χ2n) is 17.2. The molecule has 6 rings (SSSR count). The Morgan fingerprint density at radius 2 is 1.65 bits per heavy atom. The van der Waals surface area contributed by atoms with Gasteiger partial charge < -0.3 is 29.1 Å². The number of anilines is 1. The number of amides is 2. The van der Waals surface area contributed by atoms with Crippen molar-refractivity contribution in [3.63, 3.8) is 0 Å². The summed E-state index contributed by atoms with van der Waals surface area (Å²) in [6.07, 6.45) is 6.27. The van der Waals surface area contributed by atoms with Gasteiger partial charge in [0.1, 0.15) is 23.5 Å². The lowest BCUT2D eigenvalue weighted by Crippen LogP contribution is -2.62. The number of hydrogen-bond acceptors (Lipinski definition) is 10. The zero-order chi connectivity index (χ0) is 39.0. The van der Waals surface area contributed by atoms with Crippen molar-refractivity contribution >= 4 is 27.8 Å².